The van der Waals surface area contributed by atoms with Gasteiger partial charge in [-0.25, -0.2) is 0 Å². The maximum Gasteiger partial charge on any atom is 0.166 e. The number of fused-ring (bicyclic) bond motifs is 1. The summed E-state index contributed by atoms with van der Waals surface area (Å²) in [6.07, 6.45) is 3.27. The highest BCUT2D eigenvalue weighted by Gasteiger charge is 2.25. The summed E-state index contributed by atoms with van der Waals surface area (Å²) in [6, 6.07) is 0. The van der Waals surface area contributed by atoms with Gasteiger partial charge in [-0.2, -0.15) is 0 Å². The molecular weight excluding hydrogens is 178 g/mol. The lowest BCUT2D eigenvalue weighted by molar-refractivity contribution is 0.0971. The first-order valence-electron chi connectivity index (χ1n) is 4.83. The number of aldehydes is 1. The fourth-order valence-electron chi connectivity index (χ4n) is 2.28. The van der Waals surface area contributed by atoms with E-state index in [2.05, 4.69) is 0 Å². The van der Waals surface area contributed by atoms with Gasteiger partial charge in [0.25, 0.3) is 0 Å². The van der Waals surface area contributed by atoms with Crippen LogP contribution in [0.1, 0.15) is 44.9 Å². The Balaban J connectivity index is 2.72. The first-order valence-corrected chi connectivity index (χ1v) is 4.83. The van der Waals surface area contributed by atoms with E-state index in [1.807, 2.05) is 18.5 Å². The van der Waals surface area contributed by atoms with Gasteiger partial charge in [-0.3, -0.25) is 9.59 Å². The highest BCUT2D eigenvalue weighted by Crippen LogP contribution is 2.27. The molecule has 0 aromatic carbocycles. The number of carbonyl (C=O) groups is 2. The van der Waals surface area contributed by atoms with Crippen molar-refractivity contribution in [3.8, 4) is 0 Å². The van der Waals surface area contributed by atoms with Gasteiger partial charge in [-0.1, -0.05) is 0 Å². The summed E-state index contributed by atoms with van der Waals surface area (Å²) in [5, 5.41) is 0. The molecule has 3 heteroatoms. The smallest absolute Gasteiger partial charge is 0.166 e. The van der Waals surface area contributed by atoms with Crippen molar-refractivity contribution in [2.24, 2.45) is 7.05 Å². The van der Waals surface area contributed by atoms with Crippen LogP contribution in [0.5, 0.6) is 0 Å². The van der Waals surface area contributed by atoms with Crippen molar-refractivity contribution < 1.29 is 9.59 Å². The average molecular weight is 191 g/mol. The molecule has 0 N–H and O–H groups in total. The number of carbonyl (C=O) groups excluding carboxylic acids is 2. The lowest BCUT2D eigenvalue weighted by Gasteiger charge is -2.12. The number of rotatable bonds is 1. The highest BCUT2D eigenvalue weighted by molar-refractivity contribution is 6.01. The van der Waals surface area contributed by atoms with Gasteiger partial charge in [-0.05, 0) is 25.3 Å². The third-order valence-electron chi connectivity index (χ3n) is 3.02. The quantitative estimate of drug-likeness (QED) is 0.633. The molecule has 0 atom stereocenters. The van der Waals surface area contributed by atoms with Gasteiger partial charge in [0.2, 0.25) is 0 Å². The third-order valence-corrected chi connectivity index (χ3v) is 3.02. The summed E-state index contributed by atoms with van der Waals surface area (Å²) in [5.74, 6) is 0.187. The minimum Gasteiger partial charge on any atom is -0.345 e. The van der Waals surface area contributed by atoms with E-state index in [1.54, 1.807) is 0 Å². The average Bonchev–Trinajstić information content (AvgIpc) is 2.41. The normalized spacial score (nSPS) is 15.4. The number of Topliss-reactive ketones (excluding diaryl/α,β-unsaturated/α-hetero) is 1. The predicted octanol–water partition coefficient (Wildman–Crippen LogP) is 1.67. The molecular formula is C11H13NO2. The number of hydrogen-bond acceptors (Lipinski definition) is 2. The van der Waals surface area contributed by atoms with Crippen LogP contribution in [0.15, 0.2) is 0 Å². The number of nitrogens with zero attached hydrogens (tertiary/aromatic N) is 1. The monoisotopic (exact) mass is 191 g/mol. The van der Waals surface area contributed by atoms with Crippen LogP contribution in [0.4, 0.5) is 0 Å². The fourth-order valence-corrected chi connectivity index (χ4v) is 2.28. The molecule has 0 aliphatic heterocycles. The fraction of sp³-hybridized carbons (Fsp3) is 0.455. The van der Waals surface area contributed by atoms with E-state index in [4.69, 9.17) is 0 Å². The zero-order chi connectivity index (χ0) is 10.3. The van der Waals surface area contributed by atoms with Crippen LogP contribution in [0.2, 0.25) is 0 Å². The van der Waals surface area contributed by atoms with E-state index in [9.17, 15) is 9.59 Å². The maximum absolute atomic E-state index is 11.7. The molecule has 1 heterocycles. The minimum atomic E-state index is 0.187. The second-order valence-electron chi connectivity index (χ2n) is 3.79. The van der Waals surface area contributed by atoms with Crippen LogP contribution < -0.4 is 0 Å². The van der Waals surface area contributed by atoms with Crippen molar-refractivity contribution in [2.45, 2.75) is 26.2 Å². The Morgan fingerprint density at radius 3 is 2.64 bits per heavy atom. The zero-order valence-corrected chi connectivity index (χ0v) is 8.46. The van der Waals surface area contributed by atoms with E-state index in [0.29, 0.717) is 12.1 Å². The molecule has 1 aliphatic rings. The van der Waals surface area contributed by atoms with Gasteiger partial charge in [0, 0.05) is 24.7 Å². The standard InChI is InChI=1S/C11H13NO2/c1-7-9(6-13)12(2)8-4-3-5-10(14)11(7)8/h6H,3-5H2,1-2H3. The van der Waals surface area contributed by atoms with Gasteiger partial charge in [0.1, 0.15) is 0 Å². The summed E-state index contributed by atoms with van der Waals surface area (Å²) >= 11 is 0. The lowest BCUT2D eigenvalue weighted by Crippen LogP contribution is -2.12. The van der Waals surface area contributed by atoms with Crippen LogP contribution >= 0.6 is 0 Å². The topological polar surface area (TPSA) is 39.1 Å². The van der Waals surface area contributed by atoms with E-state index < -0.39 is 0 Å². The predicted molar refractivity (Wildman–Crippen MR) is 52.8 cm³/mol. The molecule has 1 aliphatic carbocycles. The van der Waals surface area contributed by atoms with Crippen LogP contribution in [0.25, 0.3) is 0 Å². The molecule has 74 valence electrons. The molecule has 0 amide bonds. The summed E-state index contributed by atoms with van der Waals surface area (Å²) < 4.78 is 1.86. The SMILES string of the molecule is Cc1c2c(n(C)c1C=O)CCCC2=O. The largest absolute Gasteiger partial charge is 0.345 e. The van der Waals surface area contributed by atoms with Crippen molar-refractivity contribution in [3.63, 3.8) is 0 Å². The number of hydrogen-bond donors (Lipinski definition) is 0. The Kier molecular flexibility index (Phi) is 2.02. The van der Waals surface area contributed by atoms with Crippen LogP contribution in [-0.2, 0) is 13.5 Å². The number of ketones is 1. The van der Waals surface area contributed by atoms with Crippen molar-refractivity contribution in [2.75, 3.05) is 0 Å². The summed E-state index contributed by atoms with van der Waals surface area (Å²) in [4.78, 5) is 22.5. The Labute approximate surface area is 82.7 Å². The van der Waals surface area contributed by atoms with E-state index >= 15 is 0 Å². The third kappa shape index (κ3) is 1.05. The highest BCUT2D eigenvalue weighted by atomic mass is 16.1. The summed E-state index contributed by atoms with van der Waals surface area (Å²) in [6.45, 7) is 1.85. The van der Waals surface area contributed by atoms with Crippen LogP contribution in [-0.4, -0.2) is 16.6 Å². The van der Waals surface area contributed by atoms with Crippen LogP contribution in [0, 0.1) is 6.92 Å². The molecule has 0 spiro atoms. The Hall–Kier alpha value is -1.38. The lowest BCUT2D eigenvalue weighted by atomic mass is 9.94. The number of aromatic nitrogens is 1. The van der Waals surface area contributed by atoms with Gasteiger partial charge >= 0.3 is 0 Å². The molecule has 0 fully saturated rings. The molecule has 3 nitrogen and oxygen atoms in total. The van der Waals surface area contributed by atoms with Gasteiger partial charge in [-0.15, -0.1) is 0 Å². The van der Waals surface area contributed by atoms with E-state index in [0.717, 1.165) is 35.9 Å². The summed E-state index contributed by atoms with van der Waals surface area (Å²) in [7, 11) is 1.86. The van der Waals surface area contributed by atoms with Gasteiger partial charge in [0.15, 0.2) is 12.1 Å². The van der Waals surface area contributed by atoms with Gasteiger partial charge < -0.3 is 4.57 Å². The molecule has 1 aromatic heterocycles. The molecule has 0 unspecified atom stereocenters. The Bertz CT molecular complexity index is 415. The molecule has 0 saturated carbocycles. The van der Waals surface area contributed by atoms with E-state index in [1.165, 1.54) is 0 Å². The molecule has 14 heavy (non-hydrogen) atoms. The first kappa shape index (κ1) is 9.19. The maximum atomic E-state index is 11.7. The van der Waals surface area contributed by atoms with Crippen molar-refractivity contribution in [1.29, 1.82) is 0 Å². The van der Waals surface area contributed by atoms with Gasteiger partial charge in [0.05, 0.1) is 5.69 Å². The summed E-state index contributed by atoms with van der Waals surface area (Å²) in [5.41, 5.74) is 3.31. The van der Waals surface area contributed by atoms with Crippen molar-refractivity contribution >= 4 is 12.1 Å². The molecule has 2 rings (SSSR count). The Morgan fingerprint density at radius 2 is 2.07 bits per heavy atom. The molecule has 1 aromatic rings. The van der Waals surface area contributed by atoms with E-state index in [-0.39, 0.29) is 5.78 Å². The van der Waals surface area contributed by atoms with Crippen LogP contribution in [0.3, 0.4) is 0 Å². The zero-order valence-electron chi connectivity index (χ0n) is 8.46. The Morgan fingerprint density at radius 1 is 1.36 bits per heavy atom. The second-order valence-corrected chi connectivity index (χ2v) is 3.79. The molecule has 0 bridgehead atoms. The minimum absolute atomic E-state index is 0.187. The first-order chi connectivity index (χ1) is 6.66. The molecule has 0 radical (unpaired) electrons. The molecule has 0 saturated heterocycles. The van der Waals surface area contributed by atoms with Crippen molar-refractivity contribution in [3.05, 3.63) is 22.5 Å². The van der Waals surface area contributed by atoms with Crippen molar-refractivity contribution in [1.82, 2.24) is 4.57 Å². The second kappa shape index (κ2) is 3.08.